The van der Waals surface area contributed by atoms with Crippen molar-refractivity contribution in [2.45, 2.75) is 52.8 Å². The third-order valence-corrected chi connectivity index (χ3v) is 8.88. The molecule has 1 nitrogen and oxygen atoms in total. The van der Waals surface area contributed by atoms with Crippen LogP contribution in [0.5, 0.6) is 0 Å². The summed E-state index contributed by atoms with van der Waals surface area (Å²) in [7, 11) is 2.44. The van der Waals surface area contributed by atoms with Gasteiger partial charge in [-0.25, -0.2) is 0 Å². The molecular weight excluding hydrogens is 361 g/mol. The van der Waals surface area contributed by atoms with E-state index < -0.39 is 0 Å². The molecule has 1 saturated carbocycles. The van der Waals surface area contributed by atoms with E-state index in [1.807, 2.05) is 12.3 Å². The molecule has 2 heteroatoms. The quantitative estimate of drug-likeness (QED) is 0.447. The summed E-state index contributed by atoms with van der Waals surface area (Å²) in [6.45, 7) is 12.3. The van der Waals surface area contributed by atoms with Crippen LogP contribution in [-0.2, 0) is 5.31 Å². The van der Waals surface area contributed by atoms with Gasteiger partial charge in [0, 0.05) is 17.3 Å². The van der Waals surface area contributed by atoms with Gasteiger partial charge in [0.05, 0.1) is 5.69 Å². The minimum Gasteiger partial charge on any atom is -0.256 e. The number of hydrogen-bond acceptors (Lipinski definition) is 1. The zero-order valence-electron chi connectivity index (χ0n) is 19.4. The van der Waals surface area contributed by atoms with Crippen molar-refractivity contribution in [3.8, 4) is 22.4 Å². The van der Waals surface area contributed by atoms with Crippen LogP contribution in [0.3, 0.4) is 0 Å². The first kappa shape index (κ1) is 20.9. The average molecular weight is 395 g/mol. The first-order valence-corrected chi connectivity index (χ1v) is 11.3. The topological polar surface area (TPSA) is 12.9 Å². The lowest BCUT2D eigenvalue weighted by Gasteiger charge is -2.52. The monoisotopic (exact) mass is 395 g/mol. The van der Waals surface area contributed by atoms with Gasteiger partial charge in [-0.1, -0.05) is 95.3 Å². The summed E-state index contributed by atoms with van der Waals surface area (Å²) < 4.78 is 0. The van der Waals surface area contributed by atoms with E-state index in [-0.39, 0.29) is 10.7 Å². The number of pyridine rings is 1. The third kappa shape index (κ3) is 3.21. The highest BCUT2D eigenvalue weighted by molar-refractivity contribution is 6.16. The van der Waals surface area contributed by atoms with E-state index in [4.69, 9.17) is 4.98 Å². The Morgan fingerprint density at radius 3 is 2.03 bits per heavy atom. The van der Waals surface area contributed by atoms with Gasteiger partial charge < -0.3 is 0 Å². The number of nitrogens with zero attached hydrogens (tertiary/aromatic N) is 1. The molecule has 1 aliphatic rings. The first-order chi connectivity index (χ1) is 14.2. The molecule has 1 aliphatic carbocycles. The second-order valence-electron chi connectivity index (χ2n) is 10.5. The van der Waals surface area contributed by atoms with Gasteiger partial charge in [0.15, 0.2) is 0 Å². The molecule has 0 spiro atoms. The van der Waals surface area contributed by atoms with Crippen LogP contribution < -0.4 is 0 Å². The molecule has 0 bridgehead atoms. The molecule has 0 N–H and O–H groups in total. The highest BCUT2D eigenvalue weighted by atomic mass is 14.7. The Morgan fingerprint density at radius 1 is 0.867 bits per heavy atom. The summed E-state index contributed by atoms with van der Waals surface area (Å²) in [5, 5.41) is 0.120. The highest BCUT2D eigenvalue weighted by Gasteiger charge is 2.57. The molecule has 3 aromatic rings. The second-order valence-corrected chi connectivity index (χ2v) is 10.5. The van der Waals surface area contributed by atoms with Crippen LogP contribution in [0.2, 0.25) is 0 Å². The van der Waals surface area contributed by atoms with Crippen molar-refractivity contribution >= 4 is 7.85 Å². The first-order valence-electron chi connectivity index (χ1n) is 11.3. The van der Waals surface area contributed by atoms with Crippen LogP contribution in [0.1, 0.15) is 53.0 Å². The normalized spacial score (nSPS) is 25.0. The molecule has 3 unspecified atom stereocenters. The number of rotatable bonds is 4. The van der Waals surface area contributed by atoms with Gasteiger partial charge in [-0.3, -0.25) is 4.98 Å². The van der Waals surface area contributed by atoms with Gasteiger partial charge in [0.2, 0.25) is 0 Å². The van der Waals surface area contributed by atoms with E-state index in [0.717, 1.165) is 17.2 Å². The third-order valence-electron chi connectivity index (χ3n) is 8.88. The Hall–Kier alpha value is -2.35. The van der Waals surface area contributed by atoms with Gasteiger partial charge in [-0.05, 0) is 52.1 Å². The number of aromatic nitrogens is 1. The summed E-state index contributed by atoms with van der Waals surface area (Å²) in [5.74, 6) is 0.759. The Morgan fingerprint density at radius 2 is 1.50 bits per heavy atom. The zero-order chi connectivity index (χ0) is 21.6. The smallest absolute Gasteiger partial charge is 0.115 e. The fourth-order valence-corrected chi connectivity index (χ4v) is 5.59. The van der Waals surface area contributed by atoms with Crippen LogP contribution in [0.25, 0.3) is 22.4 Å². The van der Waals surface area contributed by atoms with Gasteiger partial charge >= 0.3 is 0 Å². The van der Waals surface area contributed by atoms with Gasteiger partial charge in [-0.2, -0.15) is 0 Å². The summed E-state index contributed by atoms with van der Waals surface area (Å²) >= 11 is 0. The molecule has 0 saturated heterocycles. The lowest BCUT2D eigenvalue weighted by molar-refractivity contribution is 0.0519. The Bertz CT molecular complexity index is 1000. The van der Waals surface area contributed by atoms with Crippen molar-refractivity contribution in [1.82, 2.24) is 4.98 Å². The van der Waals surface area contributed by atoms with Crippen molar-refractivity contribution in [1.29, 1.82) is 0 Å². The highest BCUT2D eigenvalue weighted by Crippen LogP contribution is 2.63. The van der Waals surface area contributed by atoms with Crippen LogP contribution >= 0.6 is 0 Å². The van der Waals surface area contributed by atoms with Crippen molar-refractivity contribution in [3.63, 3.8) is 0 Å². The minimum absolute atomic E-state index is 0.120. The van der Waals surface area contributed by atoms with Crippen molar-refractivity contribution in [3.05, 3.63) is 78.5 Å². The molecule has 0 radical (unpaired) electrons. The van der Waals surface area contributed by atoms with E-state index in [1.54, 1.807) is 0 Å². The Kier molecular flexibility index (Phi) is 5.17. The molecule has 4 rings (SSSR count). The lowest BCUT2D eigenvalue weighted by atomic mass is 9.44. The molecule has 154 valence electrons. The molecular formula is C28H34BN. The van der Waals surface area contributed by atoms with Crippen molar-refractivity contribution in [2.24, 2.45) is 16.7 Å². The summed E-state index contributed by atoms with van der Waals surface area (Å²) in [6.07, 6.45) is 4.61. The second kappa shape index (κ2) is 7.41. The van der Waals surface area contributed by atoms with Crippen molar-refractivity contribution < 1.29 is 0 Å². The maximum absolute atomic E-state index is 4.70. The summed E-state index contributed by atoms with van der Waals surface area (Å²) in [4.78, 5) is 4.70. The van der Waals surface area contributed by atoms with Crippen LogP contribution in [-0.4, -0.2) is 12.8 Å². The van der Waals surface area contributed by atoms with Crippen LogP contribution in [0.15, 0.2) is 72.9 Å². The summed E-state index contributed by atoms with van der Waals surface area (Å²) in [6, 6.07) is 23.9. The molecule has 1 fully saturated rings. The van der Waals surface area contributed by atoms with Crippen LogP contribution in [0, 0.1) is 16.7 Å². The van der Waals surface area contributed by atoms with Crippen LogP contribution in [0.4, 0.5) is 0 Å². The largest absolute Gasteiger partial charge is 0.256 e. The predicted octanol–water partition coefficient (Wildman–Crippen LogP) is 6.73. The van der Waals surface area contributed by atoms with Crippen molar-refractivity contribution in [2.75, 3.05) is 0 Å². The van der Waals surface area contributed by atoms with Gasteiger partial charge in [0.25, 0.3) is 0 Å². The number of hydrogen-bond donors (Lipinski definition) is 0. The molecule has 0 amide bonds. The van der Waals surface area contributed by atoms with E-state index in [1.165, 1.54) is 29.5 Å². The predicted molar refractivity (Wildman–Crippen MR) is 131 cm³/mol. The molecule has 3 atom stereocenters. The fourth-order valence-electron chi connectivity index (χ4n) is 5.59. The Balaban J connectivity index is 1.60. The van der Waals surface area contributed by atoms with E-state index >= 15 is 0 Å². The van der Waals surface area contributed by atoms with E-state index in [9.17, 15) is 0 Å². The average Bonchev–Trinajstić information content (AvgIpc) is 2.98. The lowest BCUT2D eigenvalue weighted by Crippen LogP contribution is -2.49. The molecule has 30 heavy (non-hydrogen) atoms. The SMILES string of the molecule is BC(C)(c1ccc(-c2ccc(-c3ccccc3)nc2)cc1)C1(C)CCC(C)C1(C)C. The molecule has 1 aromatic heterocycles. The summed E-state index contributed by atoms with van der Waals surface area (Å²) in [5.41, 5.74) is 6.60. The molecule has 2 aromatic carbocycles. The number of benzene rings is 2. The zero-order valence-corrected chi connectivity index (χ0v) is 19.4. The van der Waals surface area contributed by atoms with Gasteiger partial charge in [-0.15, -0.1) is 0 Å². The maximum atomic E-state index is 4.70. The van der Waals surface area contributed by atoms with E-state index in [2.05, 4.69) is 103 Å². The standard InChI is InChI=1S/C28H34BN/c1-20-17-18-27(4,26(20,2)3)28(5,29)24-14-11-21(12-15-24)23-13-16-25(30-19-23)22-9-7-6-8-10-22/h6-16,19-20H,17-18,29H2,1-5H3. The van der Waals surface area contributed by atoms with E-state index in [0.29, 0.717) is 5.41 Å². The maximum Gasteiger partial charge on any atom is 0.115 e. The molecule has 0 aliphatic heterocycles. The fraction of sp³-hybridized carbons (Fsp3) is 0.393. The minimum atomic E-state index is 0.120. The Labute approximate surface area is 183 Å². The molecule has 1 heterocycles. The van der Waals surface area contributed by atoms with Gasteiger partial charge in [0.1, 0.15) is 7.85 Å².